The summed E-state index contributed by atoms with van der Waals surface area (Å²) in [4.78, 5) is 21.5. The first-order chi connectivity index (χ1) is 16.0. The van der Waals surface area contributed by atoms with Crippen molar-refractivity contribution in [3.8, 4) is 5.75 Å². The normalized spacial score (nSPS) is 15.9. The maximum atomic E-state index is 11.1. The summed E-state index contributed by atoms with van der Waals surface area (Å²) >= 11 is 6.64. The summed E-state index contributed by atoms with van der Waals surface area (Å²) in [5, 5.41) is 14.6. The SMILES string of the molecule is C/C(=N\OC(c1ccc(OCc2ccc3ccccc3n2)cc1Cl)C1CCCCC1)C(=O)O. The van der Waals surface area contributed by atoms with Crippen LogP contribution in [0.15, 0.2) is 59.8 Å². The zero-order valence-electron chi connectivity index (χ0n) is 18.5. The van der Waals surface area contributed by atoms with Crippen LogP contribution in [-0.2, 0) is 16.2 Å². The summed E-state index contributed by atoms with van der Waals surface area (Å²) in [5.41, 5.74) is 2.46. The molecule has 1 saturated carbocycles. The lowest BCUT2D eigenvalue weighted by Gasteiger charge is -2.29. The van der Waals surface area contributed by atoms with Gasteiger partial charge in [0.25, 0.3) is 0 Å². The molecule has 1 fully saturated rings. The Kier molecular flexibility index (Phi) is 7.45. The second kappa shape index (κ2) is 10.7. The number of benzene rings is 2. The van der Waals surface area contributed by atoms with Crippen molar-refractivity contribution in [1.29, 1.82) is 0 Å². The highest BCUT2D eigenvalue weighted by atomic mass is 35.5. The zero-order chi connectivity index (χ0) is 23.2. The summed E-state index contributed by atoms with van der Waals surface area (Å²) in [7, 11) is 0. The fraction of sp³-hybridized carbons (Fsp3) is 0.346. The van der Waals surface area contributed by atoms with Crippen molar-refractivity contribution in [1.82, 2.24) is 4.98 Å². The van der Waals surface area contributed by atoms with Crippen molar-refractivity contribution in [2.45, 2.75) is 51.7 Å². The molecule has 0 spiro atoms. The van der Waals surface area contributed by atoms with Crippen LogP contribution in [0.4, 0.5) is 0 Å². The van der Waals surface area contributed by atoms with E-state index in [4.69, 9.17) is 26.3 Å². The molecule has 1 unspecified atom stereocenters. The summed E-state index contributed by atoms with van der Waals surface area (Å²) in [6.07, 6.45) is 5.02. The lowest BCUT2D eigenvalue weighted by atomic mass is 9.82. The van der Waals surface area contributed by atoms with E-state index in [2.05, 4.69) is 10.1 Å². The highest BCUT2D eigenvalue weighted by Crippen LogP contribution is 2.40. The number of hydrogen-bond acceptors (Lipinski definition) is 5. The monoisotopic (exact) mass is 466 g/mol. The number of rotatable bonds is 8. The van der Waals surface area contributed by atoms with Crippen LogP contribution in [-0.4, -0.2) is 21.8 Å². The number of aromatic nitrogens is 1. The Morgan fingerprint density at radius 1 is 1.15 bits per heavy atom. The number of carbonyl (C=O) groups is 1. The molecule has 172 valence electrons. The molecule has 1 aromatic heterocycles. The molecule has 3 aromatic rings. The maximum absolute atomic E-state index is 11.1. The third-order valence-electron chi connectivity index (χ3n) is 6.01. The third kappa shape index (κ3) is 5.82. The van der Waals surface area contributed by atoms with Crippen molar-refractivity contribution in [2.24, 2.45) is 11.1 Å². The van der Waals surface area contributed by atoms with Gasteiger partial charge in [-0.1, -0.05) is 66.4 Å². The van der Waals surface area contributed by atoms with E-state index in [0.717, 1.165) is 47.8 Å². The van der Waals surface area contributed by atoms with Crippen molar-refractivity contribution in [3.05, 3.63) is 70.9 Å². The van der Waals surface area contributed by atoms with Crippen molar-refractivity contribution >= 4 is 34.2 Å². The van der Waals surface area contributed by atoms with Crippen LogP contribution in [0.5, 0.6) is 5.75 Å². The molecule has 0 bridgehead atoms. The first kappa shape index (κ1) is 23.1. The molecule has 0 saturated heterocycles. The Morgan fingerprint density at radius 2 is 1.94 bits per heavy atom. The minimum absolute atomic E-state index is 0.0882. The standard InChI is InChI=1S/C26H27ClN2O4/c1-17(26(30)31)29-33-25(19-8-3-2-4-9-19)22-14-13-21(15-23(22)27)32-16-20-12-11-18-7-5-6-10-24(18)28-20/h5-7,10-15,19,25H,2-4,8-9,16H2,1H3,(H,30,31)/b29-17+. The topological polar surface area (TPSA) is 81.0 Å². The van der Waals surface area contributed by atoms with Gasteiger partial charge >= 0.3 is 5.97 Å². The highest BCUT2D eigenvalue weighted by molar-refractivity contribution is 6.34. The van der Waals surface area contributed by atoms with E-state index in [1.807, 2.05) is 48.5 Å². The molecule has 4 rings (SSSR count). The molecule has 33 heavy (non-hydrogen) atoms. The van der Waals surface area contributed by atoms with Crippen LogP contribution in [0.2, 0.25) is 5.02 Å². The molecule has 1 heterocycles. The molecule has 0 radical (unpaired) electrons. The van der Waals surface area contributed by atoms with Gasteiger partial charge in [0.05, 0.1) is 16.2 Å². The molecule has 1 aliphatic rings. The maximum Gasteiger partial charge on any atom is 0.353 e. The Balaban J connectivity index is 1.50. The van der Waals surface area contributed by atoms with Gasteiger partial charge in [-0.15, -0.1) is 0 Å². The second-order valence-electron chi connectivity index (χ2n) is 8.37. The third-order valence-corrected chi connectivity index (χ3v) is 6.34. The van der Waals surface area contributed by atoms with Crippen molar-refractivity contribution in [2.75, 3.05) is 0 Å². The summed E-state index contributed by atoms with van der Waals surface area (Å²) < 4.78 is 5.94. The van der Waals surface area contributed by atoms with Crippen LogP contribution in [0.1, 0.15) is 56.4 Å². The van der Waals surface area contributed by atoms with Gasteiger partial charge in [0.15, 0.2) is 11.8 Å². The highest BCUT2D eigenvalue weighted by Gasteiger charge is 2.29. The Labute approximate surface area is 198 Å². The van der Waals surface area contributed by atoms with Gasteiger partial charge in [-0.2, -0.15) is 0 Å². The Bertz CT molecular complexity index is 1160. The van der Waals surface area contributed by atoms with Crippen LogP contribution < -0.4 is 4.74 Å². The van der Waals surface area contributed by atoms with Gasteiger partial charge in [-0.3, -0.25) is 0 Å². The van der Waals surface area contributed by atoms with E-state index in [0.29, 0.717) is 17.4 Å². The fourth-order valence-corrected chi connectivity index (χ4v) is 4.46. The summed E-state index contributed by atoms with van der Waals surface area (Å²) in [6.45, 7) is 1.74. The zero-order valence-corrected chi connectivity index (χ0v) is 19.3. The van der Waals surface area contributed by atoms with E-state index in [-0.39, 0.29) is 11.6 Å². The molecule has 1 atom stereocenters. The number of hydrogen-bond donors (Lipinski definition) is 1. The average Bonchev–Trinajstić information content (AvgIpc) is 2.84. The van der Waals surface area contributed by atoms with Gasteiger partial charge in [0.2, 0.25) is 0 Å². The molecular formula is C26H27ClN2O4. The number of para-hydroxylation sites is 1. The molecule has 2 aromatic carbocycles. The van der Waals surface area contributed by atoms with Crippen LogP contribution >= 0.6 is 11.6 Å². The van der Waals surface area contributed by atoms with Crippen LogP contribution in [0.25, 0.3) is 10.9 Å². The summed E-state index contributed by atoms with van der Waals surface area (Å²) in [6, 6.07) is 17.4. The number of fused-ring (bicyclic) bond motifs is 1. The quantitative estimate of drug-likeness (QED) is 0.300. The molecular weight excluding hydrogens is 440 g/mol. The van der Waals surface area contributed by atoms with E-state index in [1.165, 1.54) is 13.3 Å². The fourth-order valence-electron chi connectivity index (χ4n) is 4.18. The van der Waals surface area contributed by atoms with E-state index in [1.54, 1.807) is 6.07 Å². The van der Waals surface area contributed by atoms with Gasteiger partial charge in [-0.25, -0.2) is 9.78 Å². The minimum Gasteiger partial charge on any atom is -0.487 e. The van der Waals surface area contributed by atoms with Crippen molar-refractivity contribution in [3.63, 3.8) is 0 Å². The van der Waals surface area contributed by atoms with E-state index < -0.39 is 12.1 Å². The van der Waals surface area contributed by atoms with Gasteiger partial charge < -0.3 is 14.7 Å². The molecule has 6 nitrogen and oxygen atoms in total. The number of aliphatic carboxylic acids is 1. The van der Waals surface area contributed by atoms with E-state index >= 15 is 0 Å². The Hall–Kier alpha value is -3.12. The number of carboxylic acid groups (broad SMARTS) is 1. The lowest BCUT2D eigenvalue weighted by molar-refractivity contribution is -0.129. The molecule has 1 N–H and O–H groups in total. The lowest BCUT2D eigenvalue weighted by Crippen LogP contribution is -2.19. The number of halogens is 1. The number of nitrogens with zero attached hydrogens (tertiary/aromatic N) is 2. The molecule has 7 heteroatoms. The van der Waals surface area contributed by atoms with Crippen LogP contribution in [0.3, 0.4) is 0 Å². The average molecular weight is 467 g/mol. The first-order valence-electron chi connectivity index (χ1n) is 11.2. The van der Waals surface area contributed by atoms with Gasteiger partial charge in [0.1, 0.15) is 12.4 Å². The summed E-state index contributed by atoms with van der Waals surface area (Å²) in [5.74, 6) is -0.240. The van der Waals surface area contributed by atoms with E-state index in [9.17, 15) is 4.79 Å². The predicted molar refractivity (Wildman–Crippen MR) is 129 cm³/mol. The largest absolute Gasteiger partial charge is 0.487 e. The second-order valence-corrected chi connectivity index (χ2v) is 8.78. The molecule has 0 aliphatic heterocycles. The van der Waals surface area contributed by atoms with Crippen molar-refractivity contribution < 1.29 is 19.5 Å². The number of pyridine rings is 1. The van der Waals surface area contributed by atoms with Crippen LogP contribution in [0, 0.1) is 5.92 Å². The number of oxime groups is 1. The van der Waals surface area contributed by atoms with Gasteiger partial charge in [0, 0.05) is 16.9 Å². The van der Waals surface area contributed by atoms with Gasteiger partial charge in [-0.05, 0) is 44.0 Å². The smallest absolute Gasteiger partial charge is 0.353 e. The predicted octanol–water partition coefficient (Wildman–Crippen LogP) is 6.57. The molecule has 0 amide bonds. The number of carboxylic acids is 1. The molecule has 1 aliphatic carbocycles. The minimum atomic E-state index is -1.10. The first-order valence-corrected chi connectivity index (χ1v) is 11.6. The number of ether oxygens (including phenoxy) is 1. The Morgan fingerprint density at radius 3 is 2.70 bits per heavy atom.